The second kappa shape index (κ2) is 5.75. The first kappa shape index (κ1) is 15.9. The normalized spacial score (nSPS) is 16.8. The van der Waals surface area contributed by atoms with Gasteiger partial charge in [0.2, 0.25) is 10.0 Å². The predicted octanol–water partition coefficient (Wildman–Crippen LogP) is 1.41. The lowest BCUT2D eigenvalue weighted by Crippen LogP contribution is -2.34. The number of ether oxygens (including phenoxy) is 1. The largest absolute Gasteiger partial charge is 0.488 e. The molecule has 4 rings (SSSR count). The van der Waals surface area contributed by atoms with Crippen molar-refractivity contribution in [2.24, 2.45) is 7.05 Å². The average molecular weight is 360 g/mol. The molecule has 0 saturated heterocycles. The van der Waals surface area contributed by atoms with Crippen LogP contribution in [0.5, 0.6) is 5.75 Å². The van der Waals surface area contributed by atoms with Gasteiger partial charge in [0, 0.05) is 26.1 Å². The van der Waals surface area contributed by atoms with Crippen LogP contribution in [-0.2, 0) is 23.5 Å². The smallest absolute Gasteiger partial charge is 0.419 e. The molecule has 0 fully saturated rings. The van der Waals surface area contributed by atoms with Crippen LogP contribution in [-0.4, -0.2) is 25.6 Å². The lowest BCUT2D eigenvalue weighted by atomic mass is 10.1. The van der Waals surface area contributed by atoms with Crippen LogP contribution in [0.15, 0.2) is 56.6 Å². The van der Waals surface area contributed by atoms with Crippen LogP contribution in [0.4, 0.5) is 0 Å². The Morgan fingerprint density at radius 3 is 2.84 bits per heavy atom. The van der Waals surface area contributed by atoms with Gasteiger partial charge >= 0.3 is 5.76 Å². The van der Waals surface area contributed by atoms with E-state index in [1.54, 1.807) is 13.1 Å². The van der Waals surface area contributed by atoms with E-state index in [1.807, 2.05) is 24.3 Å². The molecule has 3 aromatic rings. The van der Waals surface area contributed by atoms with Crippen molar-refractivity contribution in [2.45, 2.75) is 17.4 Å². The minimum absolute atomic E-state index is 0.0462. The van der Waals surface area contributed by atoms with E-state index < -0.39 is 15.8 Å². The zero-order chi connectivity index (χ0) is 17.6. The van der Waals surface area contributed by atoms with Crippen LogP contribution in [0.2, 0.25) is 0 Å². The van der Waals surface area contributed by atoms with Gasteiger partial charge in [-0.05, 0) is 23.8 Å². The summed E-state index contributed by atoms with van der Waals surface area (Å²) in [6, 6.07) is 12.0. The molecule has 1 unspecified atom stereocenters. The summed E-state index contributed by atoms with van der Waals surface area (Å²) < 4.78 is 39.7. The quantitative estimate of drug-likeness (QED) is 0.760. The van der Waals surface area contributed by atoms with Crippen molar-refractivity contribution in [3.63, 3.8) is 0 Å². The van der Waals surface area contributed by atoms with Gasteiger partial charge in [0.25, 0.3) is 0 Å². The minimum Gasteiger partial charge on any atom is -0.488 e. The highest BCUT2D eigenvalue weighted by Crippen LogP contribution is 2.28. The van der Waals surface area contributed by atoms with Gasteiger partial charge in [0.05, 0.1) is 10.4 Å². The first-order chi connectivity index (χ1) is 11.9. The van der Waals surface area contributed by atoms with E-state index in [9.17, 15) is 13.2 Å². The number of aromatic nitrogens is 1. The van der Waals surface area contributed by atoms with Gasteiger partial charge in [0.1, 0.15) is 11.9 Å². The number of benzene rings is 2. The number of para-hydroxylation sites is 1. The fraction of sp³-hybridized carbons (Fsp3) is 0.235. The molecule has 0 amide bonds. The summed E-state index contributed by atoms with van der Waals surface area (Å²) in [5.74, 6) is 0.258. The Kier molecular flexibility index (Phi) is 3.66. The number of rotatable bonds is 4. The molecule has 1 aliphatic heterocycles. The number of aryl methyl sites for hydroxylation is 1. The molecular weight excluding hydrogens is 344 g/mol. The lowest BCUT2D eigenvalue weighted by Gasteiger charge is -2.12. The summed E-state index contributed by atoms with van der Waals surface area (Å²) in [6.07, 6.45) is 0.413. The minimum atomic E-state index is -3.73. The highest BCUT2D eigenvalue weighted by Gasteiger charge is 2.25. The van der Waals surface area contributed by atoms with Gasteiger partial charge in [-0.2, -0.15) is 0 Å². The van der Waals surface area contributed by atoms with Gasteiger partial charge in [-0.3, -0.25) is 4.57 Å². The number of hydrogen-bond donors (Lipinski definition) is 1. The maximum absolute atomic E-state index is 12.5. The third kappa shape index (κ3) is 2.83. The van der Waals surface area contributed by atoms with Gasteiger partial charge in [-0.25, -0.2) is 17.9 Å². The second-order valence-electron chi connectivity index (χ2n) is 5.96. The molecular formula is C17H16N2O5S. The van der Waals surface area contributed by atoms with Gasteiger partial charge in [-0.15, -0.1) is 0 Å². The Morgan fingerprint density at radius 1 is 1.24 bits per heavy atom. The molecule has 1 aromatic heterocycles. The zero-order valence-electron chi connectivity index (χ0n) is 13.4. The number of nitrogens with one attached hydrogen (secondary N) is 1. The first-order valence-corrected chi connectivity index (χ1v) is 9.26. The van der Waals surface area contributed by atoms with Crippen molar-refractivity contribution in [1.82, 2.24) is 9.29 Å². The van der Waals surface area contributed by atoms with E-state index in [1.165, 1.54) is 16.7 Å². The van der Waals surface area contributed by atoms with E-state index in [0.29, 0.717) is 11.9 Å². The molecule has 2 heterocycles. The van der Waals surface area contributed by atoms with Gasteiger partial charge in [-0.1, -0.05) is 18.2 Å². The Labute approximate surface area is 143 Å². The summed E-state index contributed by atoms with van der Waals surface area (Å²) >= 11 is 0. The summed E-state index contributed by atoms with van der Waals surface area (Å²) in [4.78, 5) is 11.6. The van der Waals surface area contributed by atoms with Crippen LogP contribution in [0.1, 0.15) is 5.56 Å². The number of hydrogen-bond acceptors (Lipinski definition) is 5. The molecule has 0 saturated carbocycles. The average Bonchev–Trinajstić information content (AvgIpc) is 3.14. The van der Waals surface area contributed by atoms with Gasteiger partial charge in [0.15, 0.2) is 5.58 Å². The van der Waals surface area contributed by atoms with Crippen LogP contribution in [0.25, 0.3) is 11.1 Å². The number of fused-ring (bicyclic) bond motifs is 2. The van der Waals surface area contributed by atoms with Crippen molar-refractivity contribution < 1.29 is 17.6 Å². The van der Waals surface area contributed by atoms with Gasteiger partial charge < -0.3 is 9.15 Å². The summed E-state index contributed by atoms with van der Waals surface area (Å²) in [5, 5.41) is 0. The Hall–Kier alpha value is -2.58. The van der Waals surface area contributed by atoms with E-state index >= 15 is 0 Å². The second-order valence-corrected chi connectivity index (χ2v) is 7.73. The third-order valence-corrected chi connectivity index (χ3v) is 5.71. The highest BCUT2D eigenvalue weighted by atomic mass is 32.2. The van der Waals surface area contributed by atoms with E-state index in [2.05, 4.69) is 4.72 Å². The third-order valence-electron chi connectivity index (χ3n) is 4.29. The number of nitrogens with zero attached hydrogens (tertiary/aromatic N) is 1. The standard InChI is InChI=1S/C17H16N2O5S/c1-19-14-7-6-13(9-16(14)24-17(19)20)25(21,22)18-10-12-8-11-4-2-3-5-15(11)23-12/h2-7,9,12,18H,8,10H2,1H3. The van der Waals surface area contributed by atoms with Crippen LogP contribution < -0.4 is 15.2 Å². The molecule has 0 spiro atoms. The molecule has 1 atom stereocenters. The summed E-state index contributed by atoms with van der Waals surface area (Å²) in [7, 11) is -2.17. The zero-order valence-corrected chi connectivity index (χ0v) is 14.2. The molecule has 130 valence electrons. The Bertz CT molecular complexity index is 1090. The lowest BCUT2D eigenvalue weighted by molar-refractivity contribution is 0.236. The maximum Gasteiger partial charge on any atom is 0.419 e. The van der Waals surface area contributed by atoms with Crippen LogP contribution in [0.3, 0.4) is 0 Å². The molecule has 0 radical (unpaired) electrons. The fourth-order valence-corrected chi connectivity index (χ4v) is 4.02. The summed E-state index contributed by atoms with van der Waals surface area (Å²) in [5.41, 5.74) is 1.85. The maximum atomic E-state index is 12.5. The molecule has 0 aliphatic carbocycles. The molecule has 8 heteroatoms. The topological polar surface area (TPSA) is 90.5 Å². The first-order valence-electron chi connectivity index (χ1n) is 7.78. The molecule has 25 heavy (non-hydrogen) atoms. The van der Waals surface area contributed by atoms with E-state index in [0.717, 1.165) is 11.3 Å². The molecule has 7 nitrogen and oxygen atoms in total. The van der Waals surface area contributed by atoms with Crippen molar-refractivity contribution in [2.75, 3.05) is 6.54 Å². The molecule has 0 bridgehead atoms. The van der Waals surface area contributed by atoms with E-state index in [-0.39, 0.29) is 23.1 Å². The predicted molar refractivity (Wildman–Crippen MR) is 91.2 cm³/mol. The molecule has 1 N–H and O–H groups in total. The van der Waals surface area contributed by atoms with E-state index in [4.69, 9.17) is 9.15 Å². The van der Waals surface area contributed by atoms with Crippen molar-refractivity contribution in [1.29, 1.82) is 0 Å². The molecule has 1 aliphatic rings. The molecule has 2 aromatic carbocycles. The fourth-order valence-electron chi connectivity index (χ4n) is 2.94. The van der Waals surface area contributed by atoms with Crippen molar-refractivity contribution >= 4 is 21.1 Å². The monoisotopic (exact) mass is 360 g/mol. The summed E-state index contributed by atoms with van der Waals surface area (Å²) in [6.45, 7) is 0.161. The number of oxazole rings is 1. The van der Waals surface area contributed by atoms with Crippen LogP contribution >= 0.6 is 0 Å². The number of sulfonamides is 1. The van der Waals surface area contributed by atoms with Crippen molar-refractivity contribution in [3.05, 3.63) is 58.6 Å². The van der Waals surface area contributed by atoms with Crippen LogP contribution in [0, 0.1) is 0 Å². The SMILES string of the molecule is Cn1c(=O)oc2cc(S(=O)(=O)NCC3Cc4ccccc4O3)ccc21. The Morgan fingerprint density at radius 2 is 2.04 bits per heavy atom. The Balaban J connectivity index is 1.52. The van der Waals surface area contributed by atoms with Crippen molar-refractivity contribution in [3.8, 4) is 5.75 Å². The highest BCUT2D eigenvalue weighted by molar-refractivity contribution is 7.89.